The van der Waals surface area contributed by atoms with E-state index in [0.29, 0.717) is 23.3 Å². The molecule has 0 spiro atoms. The van der Waals surface area contributed by atoms with Gasteiger partial charge in [-0.15, -0.1) is 0 Å². The van der Waals surface area contributed by atoms with Crippen LogP contribution in [0.15, 0.2) is 11.2 Å². The number of rotatable bonds is 7. The van der Waals surface area contributed by atoms with Crippen molar-refractivity contribution in [1.82, 2.24) is 14.7 Å². The van der Waals surface area contributed by atoms with Crippen LogP contribution in [-0.4, -0.2) is 50.0 Å². The smallest absolute Gasteiger partial charge is 0.209 e. The second kappa shape index (κ2) is 6.59. The number of aromatic nitrogens is 2. The molecule has 0 aromatic carbocycles. The van der Waals surface area contributed by atoms with Gasteiger partial charge in [-0.2, -0.15) is 0 Å². The van der Waals surface area contributed by atoms with Crippen LogP contribution < -0.4 is 15.4 Å². The second-order valence-electron chi connectivity index (χ2n) is 4.99. The van der Waals surface area contributed by atoms with Crippen LogP contribution in [0.1, 0.15) is 13.8 Å². The molecule has 9 heteroatoms. The maximum absolute atomic E-state index is 11.3. The van der Waals surface area contributed by atoms with Crippen LogP contribution in [0.4, 0.5) is 11.6 Å². The van der Waals surface area contributed by atoms with Gasteiger partial charge in [0.2, 0.25) is 10.0 Å². The van der Waals surface area contributed by atoms with E-state index in [1.54, 1.807) is 27.0 Å². The lowest BCUT2D eigenvalue weighted by molar-refractivity contribution is 0.475. The molecule has 0 atom stereocenters. The Labute approximate surface area is 124 Å². The van der Waals surface area contributed by atoms with Crippen molar-refractivity contribution >= 4 is 33.4 Å². The van der Waals surface area contributed by atoms with Crippen molar-refractivity contribution in [3.05, 3.63) is 6.07 Å². The maximum Gasteiger partial charge on any atom is 0.209 e. The van der Waals surface area contributed by atoms with Gasteiger partial charge in [-0.05, 0) is 20.1 Å². The fraction of sp³-hybridized carbons (Fsp3) is 0.636. The molecule has 0 saturated carbocycles. The minimum Gasteiger partial charge on any atom is -0.373 e. The molecule has 0 aliphatic heterocycles. The topological polar surface area (TPSA) is 96.0 Å². The Morgan fingerprint density at radius 3 is 2.40 bits per heavy atom. The van der Waals surface area contributed by atoms with Crippen LogP contribution in [0.2, 0.25) is 0 Å². The van der Waals surface area contributed by atoms with Crippen LogP contribution in [0, 0.1) is 0 Å². The molecule has 7 nitrogen and oxygen atoms in total. The molecule has 1 aromatic heterocycles. The zero-order valence-electron chi connectivity index (χ0n) is 12.3. The molecule has 0 unspecified atom stereocenters. The zero-order valence-corrected chi connectivity index (χ0v) is 13.9. The molecule has 3 N–H and O–H groups in total. The van der Waals surface area contributed by atoms with E-state index in [1.165, 1.54) is 11.8 Å². The summed E-state index contributed by atoms with van der Waals surface area (Å²) in [6.07, 6.45) is 3.04. The first-order chi connectivity index (χ1) is 9.15. The van der Waals surface area contributed by atoms with E-state index in [9.17, 15) is 8.42 Å². The first-order valence-corrected chi connectivity index (χ1v) is 9.10. The van der Waals surface area contributed by atoms with Crippen LogP contribution in [0.3, 0.4) is 0 Å². The van der Waals surface area contributed by atoms with Gasteiger partial charge in [-0.1, -0.05) is 11.8 Å². The summed E-state index contributed by atoms with van der Waals surface area (Å²) in [4.78, 5) is 8.59. The van der Waals surface area contributed by atoms with Crippen LogP contribution >= 0.6 is 11.8 Å². The molecule has 0 bridgehead atoms. The van der Waals surface area contributed by atoms with Crippen LogP contribution in [0.25, 0.3) is 0 Å². The Balaban J connectivity index is 2.78. The molecule has 0 amide bonds. The summed E-state index contributed by atoms with van der Waals surface area (Å²) in [7, 11) is -1.47. The minimum absolute atomic E-state index is 0.411. The van der Waals surface area contributed by atoms with Crippen molar-refractivity contribution in [2.45, 2.75) is 24.5 Å². The molecule has 0 fully saturated rings. The van der Waals surface area contributed by atoms with Gasteiger partial charge in [0.05, 0.1) is 6.26 Å². The summed E-state index contributed by atoms with van der Waals surface area (Å²) >= 11 is 1.44. The highest BCUT2D eigenvalue weighted by molar-refractivity contribution is 7.98. The van der Waals surface area contributed by atoms with Gasteiger partial charge in [0.25, 0.3) is 0 Å². The van der Waals surface area contributed by atoms with Crippen molar-refractivity contribution in [3.8, 4) is 0 Å². The lowest BCUT2D eigenvalue weighted by Crippen LogP contribution is -2.47. The fourth-order valence-electron chi connectivity index (χ4n) is 1.58. The summed E-state index contributed by atoms with van der Waals surface area (Å²) in [6.45, 7) is 4.02. The van der Waals surface area contributed by atoms with Crippen LogP contribution in [0.5, 0.6) is 0 Å². The van der Waals surface area contributed by atoms with Gasteiger partial charge >= 0.3 is 0 Å². The number of anilines is 2. The fourth-order valence-corrected chi connectivity index (χ4v) is 3.04. The third kappa shape index (κ3) is 5.93. The number of hydrogen-bond acceptors (Lipinski definition) is 7. The van der Waals surface area contributed by atoms with E-state index < -0.39 is 15.6 Å². The van der Waals surface area contributed by atoms with Crippen molar-refractivity contribution in [1.29, 1.82) is 0 Å². The van der Waals surface area contributed by atoms with E-state index in [0.717, 1.165) is 6.26 Å². The van der Waals surface area contributed by atoms with E-state index in [4.69, 9.17) is 0 Å². The largest absolute Gasteiger partial charge is 0.373 e. The lowest BCUT2D eigenvalue weighted by atomic mass is 10.1. The molecular weight excluding hydrogens is 298 g/mol. The molecule has 1 rings (SSSR count). The average molecular weight is 319 g/mol. The summed E-state index contributed by atoms with van der Waals surface area (Å²) in [5, 5.41) is 6.73. The number of nitrogens with zero attached hydrogens (tertiary/aromatic N) is 2. The van der Waals surface area contributed by atoms with Crippen molar-refractivity contribution in [2.24, 2.45) is 0 Å². The van der Waals surface area contributed by atoms with Gasteiger partial charge in [0.15, 0.2) is 5.16 Å². The van der Waals surface area contributed by atoms with Gasteiger partial charge in [0.1, 0.15) is 11.6 Å². The summed E-state index contributed by atoms with van der Waals surface area (Å²) < 4.78 is 25.1. The summed E-state index contributed by atoms with van der Waals surface area (Å²) in [5.74, 6) is 1.36. The quantitative estimate of drug-likeness (QED) is 0.509. The zero-order chi connectivity index (χ0) is 15.4. The summed E-state index contributed by atoms with van der Waals surface area (Å²) in [6, 6.07) is 1.77. The number of nitrogens with one attached hydrogen (secondary N) is 3. The van der Waals surface area contributed by atoms with E-state index in [2.05, 4.69) is 25.3 Å². The Morgan fingerprint density at radius 2 is 1.90 bits per heavy atom. The van der Waals surface area contributed by atoms with Gasteiger partial charge in [-0.3, -0.25) is 0 Å². The van der Waals surface area contributed by atoms with Gasteiger partial charge in [0, 0.05) is 25.2 Å². The predicted octanol–water partition coefficient (Wildman–Crippen LogP) is 0.980. The molecule has 0 saturated heterocycles. The van der Waals surface area contributed by atoms with Crippen molar-refractivity contribution in [2.75, 3.05) is 36.7 Å². The number of sulfonamides is 1. The Bertz CT molecular complexity index is 538. The second-order valence-corrected chi connectivity index (χ2v) is 7.51. The molecule has 1 aromatic rings. The average Bonchev–Trinajstić information content (AvgIpc) is 2.33. The predicted molar refractivity (Wildman–Crippen MR) is 83.9 cm³/mol. The SMILES string of the molecule is CNc1cc(NCC(C)(C)NS(C)(=O)=O)nc(SC)n1. The Morgan fingerprint density at radius 1 is 1.30 bits per heavy atom. The molecular formula is C11H21N5O2S2. The highest BCUT2D eigenvalue weighted by atomic mass is 32.2. The molecule has 0 aliphatic carbocycles. The van der Waals surface area contributed by atoms with Gasteiger partial charge in [-0.25, -0.2) is 23.1 Å². The third-order valence-corrected chi connectivity index (χ3v) is 3.79. The Hall–Kier alpha value is -1.06. The normalized spacial score (nSPS) is 12.2. The molecule has 0 aliphatic rings. The molecule has 0 radical (unpaired) electrons. The molecule has 1 heterocycles. The van der Waals surface area contributed by atoms with Crippen molar-refractivity contribution in [3.63, 3.8) is 0 Å². The highest BCUT2D eigenvalue weighted by Crippen LogP contribution is 2.17. The molecule has 114 valence electrons. The summed E-state index contributed by atoms with van der Waals surface area (Å²) in [5.41, 5.74) is -0.613. The number of thioether (sulfide) groups is 1. The molecule has 20 heavy (non-hydrogen) atoms. The maximum atomic E-state index is 11.3. The van der Waals surface area contributed by atoms with E-state index in [-0.39, 0.29) is 0 Å². The lowest BCUT2D eigenvalue weighted by Gasteiger charge is -2.25. The first kappa shape index (κ1) is 17.0. The standard InChI is InChI=1S/C11H21N5O2S2/c1-11(2,16-20(5,17)18)7-13-9-6-8(12-3)14-10(15-9)19-4/h6,16H,7H2,1-5H3,(H2,12,13,14,15). The highest BCUT2D eigenvalue weighted by Gasteiger charge is 2.22. The Kier molecular flexibility index (Phi) is 5.60. The minimum atomic E-state index is -3.25. The van der Waals surface area contributed by atoms with E-state index in [1.807, 2.05) is 6.26 Å². The van der Waals surface area contributed by atoms with Crippen LogP contribution in [-0.2, 0) is 10.0 Å². The third-order valence-electron chi connectivity index (χ3n) is 2.32. The monoisotopic (exact) mass is 319 g/mol. The number of hydrogen-bond donors (Lipinski definition) is 3. The van der Waals surface area contributed by atoms with E-state index >= 15 is 0 Å². The first-order valence-electron chi connectivity index (χ1n) is 5.99. The van der Waals surface area contributed by atoms with Crippen molar-refractivity contribution < 1.29 is 8.42 Å². The van der Waals surface area contributed by atoms with Gasteiger partial charge < -0.3 is 10.6 Å².